The van der Waals surface area contributed by atoms with Crippen molar-refractivity contribution in [2.75, 3.05) is 6.61 Å². The van der Waals surface area contributed by atoms with Gasteiger partial charge in [-0.3, -0.25) is 4.99 Å². The van der Waals surface area contributed by atoms with Crippen molar-refractivity contribution >= 4 is 33.8 Å². The molecule has 0 radical (unpaired) electrons. The zero-order valence-corrected chi connectivity index (χ0v) is 7.54. The number of ether oxygens (including phenoxy) is 1. The molecule has 1 unspecified atom stereocenters. The van der Waals surface area contributed by atoms with Crippen molar-refractivity contribution in [3.63, 3.8) is 0 Å². The lowest BCUT2D eigenvalue weighted by Gasteiger charge is -1.96. The van der Waals surface area contributed by atoms with Gasteiger partial charge in [0.1, 0.15) is 0 Å². The van der Waals surface area contributed by atoms with Crippen LogP contribution in [-0.2, 0) is 9.53 Å². The fourth-order valence-corrected chi connectivity index (χ4v) is 0.963. The molecular formula is C6H7BrN2O2. The van der Waals surface area contributed by atoms with Gasteiger partial charge in [-0.05, 0) is 22.9 Å². The predicted octanol–water partition coefficient (Wildman–Crippen LogP) is 0.753. The van der Waals surface area contributed by atoms with Crippen LogP contribution in [0.15, 0.2) is 9.98 Å². The van der Waals surface area contributed by atoms with E-state index in [1.54, 1.807) is 6.92 Å². The summed E-state index contributed by atoms with van der Waals surface area (Å²) in [4.78, 5) is 18.6. The van der Waals surface area contributed by atoms with Crippen molar-refractivity contribution in [1.82, 2.24) is 0 Å². The Labute approximate surface area is 72.5 Å². The number of aliphatic imine (C=N–C) groups is 2. The van der Waals surface area contributed by atoms with Crippen LogP contribution in [0.3, 0.4) is 0 Å². The lowest BCUT2D eigenvalue weighted by molar-refractivity contribution is -0.134. The lowest BCUT2D eigenvalue weighted by atomic mass is 10.4. The Morgan fingerprint density at radius 2 is 2.64 bits per heavy atom. The van der Waals surface area contributed by atoms with E-state index in [-0.39, 0.29) is 10.8 Å². The minimum atomic E-state index is -0.418. The molecule has 1 aliphatic heterocycles. The van der Waals surface area contributed by atoms with Gasteiger partial charge in [0.2, 0.25) is 0 Å². The van der Waals surface area contributed by atoms with Gasteiger partial charge < -0.3 is 4.74 Å². The Balaban J connectivity index is 2.56. The van der Waals surface area contributed by atoms with E-state index < -0.39 is 5.97 Å². The molecule has 0 N–H and O–H groups in total. The second-order valence-corrected chi connectivity index (χ2v) is 2.64. The minimum absolute atomic E-state index is 0.272. The minimum Gasteiger partial charge on any atom is -0.461 e. The van der Waals surface area contributed by atoms with Gasteiger partial charge >= 0.3 is 5.97 Å². The van der Waals surface area contributed by atoms with Crippen LogP contribution in [0.1, 0.15) is 6.92 Å². The number of esters is 1. The van der Waals surface area contributed by atoms with E-state index in [1.165, 1.54) is 6.21 Å². The molecule has 0 amide bonds. The van der Waals surface area contributed by atoms with Crippen LogP contribution < -0.4 is 0 Å². The summed E-state index contributed by atoms with van der Waals surface area (Å²) >= 11 is 3.10. The summed E-state index contributed by atoms with van der Waals surface area (Å²) in [5.74, 6) is -0.418. The molecule has 1 heterocycles. The molecule has 0 spiro atoms. The van der Waals surface area contributed by atoms with Crippen molar-refractivity contribution in [3.05, 3.63) is 0 Å². The summed E-state index contributed by atoms with van der Waals surface area (Å²) in [5.41, 5.74) is 0.272. The van der Waals surface area contributed by atoms with Gasteiger partial charge in [0.25, 0.3) is 0 Å². The van der Waals surface area contributed by atoms with Gasteiger partial charge in [-0.1, -0.05) is 0 Å². The van der Waals surface area contributed by atoms with Crippen molar-refractivity contribution < 1.29 is 9.53 Å². The normalized spacial score (nSPS) is 21.6. The molecule has 1 atom stereocenters. The SMILES string of the molecule is CCOC(=O)C1=NC(Br)N=C1. The Morgan fingerprint density at radius 1 is 1.91 bits per heavy atom. The van der Waals surface area contributed by atoms with E-state index in [1.807, 2.05) is 0 Å². The summed E-state index contributed by atoms with van der Waals surface area (Å²) in [5, 5.41) is -0.318. The van der Waals surface area contributed by atoms with Crippen LogP contribution in [0.2, 0.25) is 0 Å². The molecule has 0 fully saturated rings. The number of nitrogens with zero attached hydrogens (tertiary/aromatic N) is 2. The number of rotatable bonds is 2. The van der Waals surface area contributed by atoms with Crippen molar-refractivity contribution in [2.24, 2.45) is 9.98 Å². The number of carbonyl (C=O) groups excluding carboxylic acids is 1. The Hall–Kier alpha value is -0.710. The van der Waals surface area contributed by atoms with Crippen LogP contribution in [0.25, 0.3) is 0 Å². The average molecular weight is 219 g/mol. The average Bonchev–Trinajstić information content (AvgIpc) is 2.36. The molecule has 0 saturated heterocycles. The van der Waals surface area contributed by atoms with Gasteiger partial charge in [0.15, 0.2) is 10.8 Å². The number of halogens is 1. The molecule has 0 aliphatic carbocycles. The molecular weight excluding hydrogens is 212 g/mol. The number of hydrogen-bond donors (Lipinski definition) is 0. The summed E-state index contributed by atoms with van der Waals surface area (Å²) in [6.07, 6.45) is 1.40. The van der Waals surface area contributed by atoms with E-state index in [2.05, 4.69) is 25.9 Å². The third-order valence-corrected chi connectivity index (χ3v) is 1.49. The van der Waals surface area contributed by atoms with E-state index in [4.69, 9.17) is 4.74 Å². The molecule has 4 nitrogen and oxygen atoms in total. The first-order chi connectivity index (χ1) is 5.24. The maximum Gasteiger partial charge on any atom is 0.358 e. The fourth-order valence-electron chi connectivity index (χ4n) is 0.624. The van der Waals surface area contributed by atoms with Gasteiger partial charge in [0.05, 0.1) is 12.8 Å². The maximum atomic E-state index is 10.9. The third-order valence-electron chi connectivity index (χ3n) is 1.05. The molecule has 1 aliphatic rings. The largest absolute Gasteiger partial charge is 0.461 e. The Bertz CT molecular complexity index is 225. The first kappa shape index (κ1) is 8.39. The van der Waals surface area contributed by atoms with E-state index in [0.717, 1.165) is 0 Å². The summed E-state index contributed by atoms with van der Waals surface area (Å²) < 4.78 is 4.69. The zero-order chi connectivity index (χ0) is 8.27. The number of alkyl halides is 1. The van der Waals surface area contributed by atoms with E-state index in [0.29, 0.717) is 6.61 Å². The molecule has 11 heavy (non-hydrogen) atoms. The Kier molecular flexibility index (Phi) is 2.76. The summed E-state index contributed by atoms with van der Waals surface area (Å²) in [6.45, 7) is 2.11. The van der Waals surface area contributed by atoms with E-state index >= 15 is 0 Å². The van der Waals surface area contributed by atoms with Gasteiger partial charge in [-0.2, -0.15) is 0 Å². The van der Waals surface area contributed by atoms with Crippen LogP contribution in [-0.4, -0.2) is 29.6 Å². The van der Waals surface area contributed by atoms with Crippen molar-refractivity contribution in [1.29, 1.82) is 0 Å². The van der Waals surface area contributed by atoms with Gasteiger partial charge in [-0.15, -0.1) is 0 Å². The molecule has 0 aromatic carbocycles. The molecule has 0 aromatic heterocycles. The molecule has 5 heteroatoms. The smallest absolute Gasteiger partial charge is 0.358 e. The van der Waals surface area contributed by atoms with Crippen molar-refractivity contribution in [3.8, 4) is 0 Å². The van der Waals surface area contributed by atoms with Crippen LogP contribution in [0.4, 0.5) is 0 Å². The first-order valence-corrected chi connectivity index (χ1v) is 4.07. The van der Waals surface area contributed by atoms with Crippen molar-refractivity contribution in [2.45, 2.75) is 12.0 Å². The standard InChI is InChI=1S/C6H7BrN2O2/c1-2-11-5(10)4-3-8-6(7)9-4/h3,6H,2H2,1H3. The zero-order valence-electron chi connectivity index (χ0n) is 5.95. The third kappa shape index (κ3) is 2.11. The fraction of sp³-hybridized carbons (Fsp3) is 0.500. The predicted molar refractivity (Wildman–Crippen MR) is 45.3 cm³/mol. The highest BCUT2D eigenvalue weighted by atomic mass is 79.9. The first-order valence-electron chi connectivity index (χ1n) is 3.16. The molecule has 60 valence electrons. The number of hydrogen-bond acceptors (Lipinski definition) is 4. The second-order valence-electron chi connectivity index (χ2n) is 1.82. The topological polar surface area (TPSA) is 51.0 Å². The molecule has 0 bridgehead atoms. The van der Waals surface area contributed by atoms with Crippen LogP contribution >= 0.6 is 15.9 Å². The summed E-state index contributed by atoms with van der Waals surface area (Å²) in [7, 11) is 0. The Morgan fingerprint density at radius 3 is 3.09 bits per heavy atom. The number of carbonyl (C=O) groups is 1. The molecule has 1 rings (SSSR count). The monoisotopic (exact) mass is 218 g/mol. The maximum absolute atomic E-state index is 10.9. The highest BCUT2D eigenvalue weighted by molar-refractivity contribution is 9.09. The molecule has 0 aromatic rings. The molecule has 0 saturated carbocycles. The highest BCUT2D eigenvalue weighted by Crippen LogP contribution is 2.07. The highest BCUT2D eigenvalue weighted by Gasteiger charge is 2.16. The summed E-state index contributed by atoms with van der Waals surface area (Å²) in [6, 6.07) is 0. The van der Waals surface area contributed by atoms with Gasteiger partial charge in [-0.25, -0.2) is 9.79 Å². The van der Waals surface area contributed by atoms with E-state index in [9.17, 15) is 4.79 Å². The lowest BCUT2D eigenvalue weighted by Crippen LogP contribution is -2.16. The second kappa shape index (κ2) is 3.61. The van der Waals surface area contributed by atoms with Crippen LogP contribution in [0, 0.1) is 0 Å². The van der Waals surface area contributed by atoms with Gasteiger partial charge in [0, 0.05) is 0 Å². The quantitative estimate of drug-likeness (QED) is 0.391. The van der Waals surface area contributed by atoms with Crippen LogP contribution in [0.5, 0.6) is 0 Å².